The van der Waals surface area contributed by atoms with Crippen molar-refractivity contribution in [3.05, 3.63) is 64.7 Å². The van der Waals surface area contributed by atoms with E-state index in [0.717, 1.165) is 12.1 Å². The van der Waals surface area contributed by atoms with Crippen LogP contribution < -0.4 is 5.32 Å². The van der Waals surface area contributed by atoms with Gasteiger partial charge in [-0.25, -0.2) is 0 Å². The summed E-state index contributed by atoms with van der Waals surface area (Å²) in [4.78, 5) is 12.1. The lowest BCUT2D eigenvalue weighted by molar-refractivity contribution is 0.102. The van der Waals surface area contributed by atoms with Crippen LogP contribution in [0.5, 0.6) is 0 Å². The summed E-state index contributed by atoms with van der Waals surface area (Å²) in [5.74, 6) is 0.386. The molecule has 2 aromatic rings. The van der Waals surface area contributed by atoms with Crippen LogP contribution in [0.4, 0.5) is 5.69 Å². The second kappa shape index (κ2) is 6.58. The van der Waals surface area contributed by atoms with Crippen LogP contribution in [0.15, 0.2) is 48.5 Å². The minimum absolute atomic E-state index is 0.149. The first-order chi connectivity index (χ1) is 9.60. The molecule has 20 heavy (non-hydrogen) atoms. The van der Waals surface area contributed by atoms with Gasteiger partial charge in [0.15, 0.2) is 0 Å². The maximum Gasteiger partial charge on any atom is 0.255 e. The lowest BCUT2D eigenvalue weighted by Crippen LogP contribution is -2.11. The van der Waals surface area contributed by atoms with E-state index < -0.39 is 0 Å². The molecule has 0 unspecified atom stereocenters. The van der Waals surface area contributed by atoms with Crippen LogP contribution in [0.1, 0.15) is 42.1 Å². The van der Waals surface area contributed by atoms with Crippen LogP contribution in [0, 0.1) is 0 Å². The van der Waals surface area contributed by atoms with Crippen LogP contribution in [0.2, 0.25) is 5.02 Å². The van der Waals surface area contributed by atoms with E-state index in [1.807, 2.05) is 12.1 Å². The number of carbonyl (C=O) groups is 1. The third-order valence-corrected chi connectivity index (χ3v) is 3.67. The van der Waals surface area contributed by atoms with Gasteiger partial charge in [-0.1, -0.05) is 43.6 Å². The van der Waals surface area contributed by atoms with Crippen LogP contribution >= 0.6 is 11.6 Å². The highest BCUT2D eigenvalue weighted by atomic mass is 35.5. The van der Waals surface area contributed by atoms with E-state index in [-0.39, 0.29) is 5.91 Å². The summed E-state index contributed by atoms with van der Waals surface area (Å²) in [5, 5.41) is 3.43. The van der Waals surface area contributed by atoms with E-state index in [9.17, 15) is 4.79 Å². The number of amides is 1. The van der Waals surface area contributed by atoms with Gasteiger partial charge in [0, 0.05) is 16.3 Å². The lowest BCUT2D eigenvalue weighted by Gasteiger charge is -2.10. The van der Waals surface area contributed by atoms with Gasteiger partial charge >= 0.3 is 0 Å². The number of carbonyl (C=O) groups excluding carboxylic acids is 1. The second-order valence-corrected chi connectivity index (χ2v) is 5.33. The van der Waals surface area contributed by atoms with Crippen molar-refractivity contribution in [3.63, 3.8) is 0 Å². The Balaban J connectivity index is 2.08. The van der Waals surface area contributed by atoms with Gasteiger partial charge in [-0.2, -0.15) is 0 Å². The molecular formula is C17H18ClNO. The minimum atomic E-state index is -0.149. The van der Waals surface area contributed by atoms with Gasteiger partial charge in [-0.05, 0) is 48.2 Å². The zero-order valence-electron chi connectivity index (χ0n) is 11.7. The third kappa shape index (κ3) is 3.61. The molecule has 0 spiro atoms. The van der Waals surface area contributed by atoms with Gasteiger partial charge in [0.05, 0.1) is 0 Å². The van der Waals surface area contributed by atoms with Crippen molar-refractivity contribution in [2.75, 3.05) is 5.32 Å². The van der Waals surface area contributed by atoms with E-state index in [4.69, 9.17) is 11.6 Å². The first-order valence-corrected chi connectivity index (χ1v) is 7.15. The van der Waals surface area contributed by atoms with Crippen molar-refractivity contribution in [1.82, 2.24) is 0 Å². The summed E-state index contributed by atoms with van der Waals surface area (Å²) in [6, 6.07) is 14.9. The van der Waals surface area contributed by atoms with Gasteiger partial charge in [-0.3, -0.25) is 4.79 Å². The summed E-state index contributed by atoms with van der Waals surface area (Å²) < 4.78 is 0. The Morgan fingerprint density at radius 3 is 2.50 bits per heavy atom. The molecule has 2 aromatic carbocycles. The molecule has 0 fully saturated rings. The average molecular weight is 288 g/mol. The molecule has 1 amide bonds. The maximum absolute atomic E-state index is 12.1. The molecule has 0 aliphatic carbocycles. The van der Waals surface area contributed by atoms with Crippen molar-refractivity contribution in [2.24, 2.45) is 0 Å². The topological polar surface area (TPSA) is 29.1 Å². The second-order valence-electron chi connectivity index (χ2n) is 4.90. The largest absolute Gasteiger partial charge is 0.322 e. The van der Waals surface area contributed by atoms with Crippen LogP contribution in [-0.2, 0) is 0 Å². The van der Waals surface area contributed by atoms with Crippen molar-refractivity contribution in [3.8, 4) is 0 Å². The summed E-state index contributed by atoms with van der Waals surface area (Å²) in [5.41, 5.74) is 2.64. The number of anilines is 1. The van der Waals surface area contributed by atoms with E-state index in [0.29, 0.717) is 16.5 Å². The molecule has 0 saturated carbocycles. The minimum Gasteiger partial charge on any atom is -0.322 e. The number of hydrogen-bond acceptors (Lipinski definition) is 1. The van der Waals surface area contributed by atoms with Gasteiger partial charge in [0.1, 0.15) is 0 Å². The molecule has 0 radical (unpaired) electrons. The SMILES string of the molecule is CC[C@H](C)c1ccc(NC(=O)c2cccc(Cl)c2)cc1. The Hall–Kier alpha value is -1.80. The number of nitrogens with one attached hydrogen (secondary N) is 1. The molecule has 0 heterocycles. The van der Waals surface area contributed by atoms with Crippen LogP contribution in [0.25, 0.3) is 0 Å². The lowest BCUT2D eigenvalue weighted by atomic mass is 9.98. The Morgan fingerprint density at radius 1 is 1.20 bits per heavy atom. The van der Waals surface area contributed by atoms with E-state index >= 15 is 0 Å². The van der Waals surface area contributed by atoms with Crippen molar-refractivity contribution >= 4 is 23.2 Å². The zero-order valence-corrected chi connectivity index (χ0v) is 12.4. The van der Waals surface area contributed by atoms with Crippen molar-refractivity contribution in [1.29, 1.82) is 0 Å². The average Bonchev–Trinajstić information content (AvgIpc) is 2.47. The maximum atomic E-state index is 12.1. The summed E-state index contributed by atoms with van der Waals surface area (Å²) in [7, 11) is 0. The number of hydrogen-bond donors (Lipinski definition) is 1. The molecule has 3 heteroatoms. The molecular weight excluding hydrogens is 270 g/mol. The van der Waals surface area contributed by atoms with E-state index in [1.54, 1.807) is 24.3 Å². The van der Waals surface area contributed by atoms with Gasteiger partial charge < -0.3 is 5.32 Å². The molecule has 2 rings (SSSR count). The first kappa shape index (κ1) is 14.6. The third-order valence-electron chi connectivity index (χ3n) is 3.44. The van der Waals surface area contributed by atoms with Gasteiger partial charge in [0.25, 0.3) is 5.91 Å². The highest BCUT2D eigenvalue weighted by molar-refractivity contribution is 6.31. The highest BCUT2D eigenvalue weighted by Gasteiger charge is 2.07. The molecule has 1 atom stereocenters. The molecule has 1 N–H and O–H groups in total. The number of benzene rings is 2. The fourth-order valence-corrected chi connectivity index (χ4v) is 2.15. The smallest absolute Gasteiger partial charge is 0.255 e. The quantitative estimate of drug-likeness (QED) is 0.832. The van der Waals surface area contributed by atoms with Gasteiger partial charge in [0.2, 0.25) is 0 Å². The summed E-state index contributed by atoms with van der Waals surface area (Å²) in [6.07, 6.45) is 1.11. The molecule has 0 bridgehead atoms. The highest BCUT2D eigenvalue weighted by Crippen LogP contribution is 2.21. The molecule has 2 nitrogen and oxygen atoms in total. The normalized spacial score (nSPS) is 11.9. The van der Waals surface area contributed by atoms with Crippen molar-refractivity contribution < 1.29 is 4.79 Å². The summed E-state index contributed by atoms with van der Waals surface area (Å²) in [6.45, 7) is 4.36. The van der Waals surface area contributed by atoms with E-state index in [2.05, 4.69) is 31.3 Å². The van der Waals surface area contributed by atoms with Crippen LogP contribution in [0.3, 0.4) is 0 Å². The Kier molecular flexibility index (Phi) is 4.80. The van der Waals surface area contributed by atoms with E-state index in [1.165, 1.54) is 5.56 Å². The standard InChI is InChI=1S/C17H18ClNO/c1-3-12(2)13-7-9-16(10-8-13)19-17(20)14-5-4-6-15(18)11-14/h4-12H,3H2,1-2H3,(H,19,20)/t12-/m0/s1. The number of halogens is 1. The Bertz CT molecular complexity index is 592. The Morgan fingerprint density at radius 2 is 1.90 bits per heavy atom. The predicted octanol–water partition coefficient (Wildman–Crippen LogP) is 5.11. The fraction of sp³-hybridized carbons (Fsp3) is 0.235. The monoisotopic (exact) mass is 287 g/mol. The fourth-order valence-electron chi connectivity index (χ4n) is 1.96. The Labute approximate surface area is 124 Å². The number of rotatable bonds is 4. The molecule has 0 aliphatic rings. The molecule has 104 valence electrons. The molecule has 0 aromatic heterocycles. The molecule has 0 saturated heterocycles. The zero-order chi connectivity index (χ0) is 14.5. The first-order valence-electron chi connectivity index (χ1n) is 6.77. The van der Waals surface area contributed by atoms with Crippen molar-refractivity contribution in [2.45, 2.75) is 26.2 Å². The predicted molar refractivity (Wildman–Crippen MR) is 84.6 cm³/mol. The van der Waals surface area contributed by atoms with Crippen LogP contribution in [-0.4, -0.2) is 5.91 Å². The summed E-state index contributed by atoms with van der Waals surface area (Å²) >= 11 is 5.88. The van der Waals surface area contributed by atoms with Gasteiger partial charge in [-0.15, -0.1) is 0 Å². The molecule has 0 aliphatic heterocycles.